The average Bonchev–Trinajstić information content (AvgIpc) is 4.02. The van der Waals surface area contributed by atoms with Crippen molar-refractivity contribution < 1.29 is 0 Å². The van der Waals surface area contributed by atoms with Crippen LogP contribution in [0.3, 0.4) is 0 Å². The van der Waals surface area contributed by atoms with E-state index in [1.807, 2.05) is 13.8 Å². The molecule has 0 aliphatic heterocycles. The molecule has 0 unspecified atom stereocenters. The SMILES string of the molecule is C1=CCCC(c2cccc(-c3ccc(-n4c5ccccc5c5ccccc54)cc3)c2)=C1.C=CC=C.CC.c1ccc(-c2ccc(-n3c4ccccc4c4ccc(-c5cccc(-c6ccccc6)c5)cc43)cc2)cc1. The van der Waals surface area contributed by atoms with Crippen molar-refractivity contribution in [3.63, 3.8) is 0 Å². The number of fused-ring (bicyclic) bond motifs is 6. The fourth-order valence-corrected chi connectivity index (χ4v) is 10.1. The molecule has 1 aliphatic carbocycles. The Morgan fingerprint density at radius 2 is 0.676 bits per heavy atom. The molecule has 0 saturated carbocycles. The Hall–Kier alpha value is -9.24. The number of nitrogens with zero attached hydrogens (tertiary/aromatic N) is 2. The van der Waals surface area contributed by atoms with Crippen LogP contribution in [-0.4, -0.2) is 9.13 Å². The molecule has 0 amide bonds. The van der Waals surface area contributed by atoms with E-state index in [0.29, 0.717) is 0 Å². The number of rotatable bonds is 8. The Bertz CT molecular complexity index is 3860. The van der Waals surface area contributed by atoms with Gasteiger partial charge in [0.2, 0.25) is 0 Å². The van der Waals surface area contributed by atoms with E-state index in [0.717, 1.165) is 12.8 Å². The van der Waals surface area contributed by atoms with Crippen LogP contribution in [0.2, 0.25) is 0 Å². The van der Waals surface area contributed by atoms with Gasteiger partial charge in [-0.3, -0.25) is 0 Å². The van der Waals surface area contributed by atoms with E-state index < -0.39 is 0 Å². The van der Waals surface area contributed by atoms with Gasteiger partial charge in [-0.25, -0.2) is 0 Å². The summed E-state index contributed by atoms with van der Waals surface area (Å²) in [6, 6.07) is 89.6. The van der Waals surface area contributed by atoms with Crippen molar-refractivity contribution in [3.8, 4) is 55.9 Å². The molecule has 0 bridgehead atoms. The highest BCUT2D eigenvalue weighted by Gasteiger charge is 2.15. The Balaban J connectivity index is 0.000000155. The third-order valence-electron chi connectivity index (χ3n) is 13.7. The second-order valence-electron chi connectivity index (χ2n) is 18.1. The van der Waals surface area contributed by atoms with E-state index in [-0.39, 0.29) is 0 Å². The number of benzene rings is 10. The zero-order valence-electron chi connectivity index (χ0n) is 42.3. The van der Waals surface area contributed by atoms with Gasteiger partial charge in [-0.2, -0.15) is 0 Å². The van der Waals surface area contributed by atoms with E-state index in [9.17, 15) is 0 Å². The fourth-order valence-electron chi connectivity index (χ4n) is 10.1. The third kappa shape index (κ3) is 10.1. The maximum Gasteiger partial charge on any atom is 0.0547 e. The minimum Gasteiger partial charge on any atom is -0.309 e. The second-order valence-corrected chi connectivity index (χ2v) is 18.1. The maximum absolute atomic E-state index is 3.36. The Kier molecular flexibility index (Phi) is 15.0. The molecule has 0 radical (unpaired) electrons. The fraction of sp³-hybridized carbons (Fsp3) is 0.0556. The number of hydrogen-bond acceptors (Lipinski definition) is 0. The van der Waals surface area contributed by atoms with Crippen molar-refractivity contribution in [2.75, 3.05) is 0 Å². The molecule has 2 heterocycles. The molecule has 13 rings (SSSR count). The van der Waals surface area contributed by atoms with Crippen molar-refractivity contribution >= 4 is 49.2 Å². The highest BCUT2D eigenvalue weighted by atomic mass is 15.0. The molecule has 0 fully saturated rings. The lowest BCUT2D eigenvalue weighted by atomic mass is 9.94. The number of aromatic nitrogens is 2. The third-order valence-corrected chi connectivity index (χ3v) is 13.7. The van der Waals surface area contributed by atoms with Crippen LogP contribution in [0.25, 0.3) is 105 Å². The minimum absolute atomic E-state index is 1.12. The molecule has 2 nitrogen and oxygen atoms in total. The van der Waals surface area contributed by atoms with Gasteiger partial charge in [-0.1, -0.05) is 245 Å². The van der Waals surface area contributed by atoms with E-state index in [1.165, 1.54) is 111 Å². The Morgan fingerprint density at radius 1 is 0.324 bits per heavy atom. The van der Waals surface area contributed by atoms with Crippen molar-refractivity contribution in [1.82, 2.24) is 9.13 Å². The number of hydrogen-bond donors (Lipinski definition) is 0. The van der Waals surface area contributed by atoms with E-state index in [1.54, 1.807) is 12.2 Å². The highest BCUT2D eigenvalue weighted by Crippen LogP contribution is 2.37. The van der Waals surface area contributed by atoms with Crippen LogP contribution in [0.15, 0.2) is 292 Å². The van der Waals surface area contributed by atoms with E-state index in [2.05, 4.69) is 289 Å². The normalized spacial score (nSPS) is 11.7. The molecule has 74 heavy (non-hydrogen) atoms. The molecule has 0 saturated heterocycles. The zero-order chi connectivity index (χ0) is 50.6. The lowest BCUT2D eigenvalue weighted by molar-refractivity contribution is 1.05. The first-order valence-corrected chi connectivity index (χ1v) is 25.8. The summed E-state index contributed by atoms with van der Waals surface area (Å²) >= 11 is 0. The molecule has 0 spiro atoms. The summed E-state index contributed by atoms with van der Waals surface area (Å²) in [5.74, 6) is 0. The predicted molar refractivity (Wildman–Crippen MR) is 321 cm³/mol. The largest absolute Gasteiger partial charge is 0.309 e. The topological polar surface area (TPSA) is 9.86 Å². The van der Waals surface area contributed by atoms with Crippen molar-refractivity contribution in [1.29, 1.82) is 0 Å². The zero-order valence-corrected chi connectivity index (χ0v) is 42.3. The first-order valence-electron chi connectivity index (χ1n) is 25.8. The lowest BCUT2D eigenvalue weighted by Crippen LogP contribution is -1.94. The molecular weight excluding hydrogens is 893 g/mol. The van der Waals surface area contributed by atoms with Crippen LogP contribution < -0.4 is 0 Å². The molecule has 0 N–H and O–H groups in total. The first-order chi connectivity index (χ1) is 36.6. The predicted octanol–water partition coefficient (Wildman–Crippen LogP) is 20.4. The minimum atomic E-state index is 1.12. The quantitative estimate of drug-likeness (QED) is 0.134. The van der Waals surface area contributed by atoms with Crippen LogP contribution in [0.5, 0.6) is 0 Å². The molecule has 2 aromatic heterocycles. The average molecular weight is 953 g/mol. The Labute approximate surface area is 436 Å². The van der Waals surface area contributed by atoms with Crippen molar-refractivity contribution in [2.24, 2.45) is 0 Å². The van der Waals surface area contributed by atoms with Gasteiger partial charge in [0.05, 0.1) is 22.1 Å². The summed E-state index contributed by atoms with van der Waals surface area (Å²) in [7, 11) is 0. The molecule has 12 aromatic rings. The van der Waals surface area contributed by atoms with Crippen LogP contribution in [-0.2, 0) is 0 Å². The maximum atomic E-state index is 3.36. The van der Waals surface area contributed by atoms with Crippen LogP contribution in [0, 0.1) is 0 Å². The van der Waals surface area contributed by atoms with Gasteiger partial charge in [0, 0.05) is 32.9 Å². The smallest absolute Gasteiger partial charge is 0.0547 e. The first kappa shape index (κ1) is 48.4. The van der Waals surface area contributed by atoms with Gasteiger partial charge in [0.25, 0.3) is 0 Å². The number of allylic oxidation sites excluding steroid dienone is 6. The summed E-state index contributed by atoms with van der Waals surface area (Å²) in [5, 5.41) is 5.13. The summed E-state index contributed by atoms with van der Waals surface area (Å²) in [5.41, 5.74) is 19.9. The van der Waals surface area contributed by atoms with E-state index in [4.69, 9.17) is 0 Å². The molecule has 358 valence electrons. The summed E-state index contributed by atoms with van der Waals surface area (Å²) in [4.78, 5) is 0. The highest BCUT2D eigenvalue weighted by molar-refractivity contribution is 6.11. The van der Waals surface area contributed by atoms with Crippen LogP contribution in [0.4, 0.5) is 0 Å². The molecule has 2 heteroatoms. The molecule has 0 atom stereocenters. The second kappa shape index (κ2) is 22.9. The van der Waals surface area contributed by atoms with Gasteiger partial charge in [-0.15, -0.1) is 0 Å². The standard InChI is InChI=1S/C36H25N.C30H23N.C4H6.C2H6/c1-3-10-26(11-4-1)28-18-21-32(22-19-28)37-35-17-8-7-16-33(35)34-23-20-31(25-36(34)37)30-15-9-14-29(24-30)27-12-5-2-6-13-27;1-2-9-22(10-3-1)24-11-8-12-25(21-24)23-17-19-26(20-18-23)31-29-15-6-4-13-27(29)28-14-5-7-16-30(28)31;1-3-4-2;1-2/h1-25H;1-2,4-9,11-21H,3,10H2;3-4H,1-2H2;1-2H3. The van der Waals surface area contributed by atoms with Gasteiger partial charge in [0.15, 0.2) is 0 Å². The van der Waals surface area contributed by atoms with E-state index >= 15 is 0 Å². The van der Waals surface area contributed by atoms with Gasteiger partial charge in [0.1, 0.15) is 0 Å². The van der Waals surface area contributed by atoms with Crippen LogP contribution in [0.1, 0.15) is 32.3 Å². The molecule has 10 aromatic carbocycles. The number of para-hydroxylation sites is 3. The Morgan fingerprint density at radius 3 is 1.16 bits per heavy atom. The molecular formula is C72H60N2. The monoisotopic (exact) mass is 952 g/mol. The van der Waals surface area contributed by atoms with Crippen molar-refractivity contribution in [2.45, 2.75) is 26.7 Å². The summed E-state index contributed by atoms with van der Waals surface area (Å²) < 4.78 is 4.76. The molecule has 1 aliphatic rings. The summed E-state index contributed by atoms with van der Waals surface area (Å²) in [6.07, 6.45) is 12.2. The lowest BCUT2D eigenvalue weighted by Gasteiger charge is -2.12. The van der Waals surface area contributed by atoms with Gasteiger partial charge in [-0.05, 0) is 129 Å². The van der Waals surface area contributed by atoms with Gasteiger partial charge < -0.3 is 9.13 Å². The van der Waals surface area contributed by atoms with Gasteiger partial charge >= 0.3 is 0 Å². The van der Waals surface area contributed by atoms with Crippen molar-refractivity contribution in [3.05, 3.63) is 298 Å². The van der Waals surface area contributed by atoms with Crippen LogP contribution >= 0.6 is 0 Å². The summed E-state index contributed by atoms with van der Waals surface area (Å²) in [6.45, 7) is 10.7.